The second kappa shape index (κ2) is 12.4. The SMILES string of the molecule is CN1CCC2CC=C(OP(O)OCOC(=O)C(C)(C)C)CC21.COc1ccccc1OC. The Morgan fingerprint density at radius 2 is 1.81 bits per heavy atom. The number of para-hydroxylation sites is 2. The molecule has 1 aromatic carbocycles. The Kier molecular flexibility index (Phi) is 10.2. The van der Waals surface area contributed by atoms with E-state index in [-0.39, 0.29) is 12.8 Å². The highest BCUT2D eigenvalue weighted by Crippen LogP contribution is 2.42. The van der Waals surface area contributed by atoms with Crippen molar-refractivity contribution in [3.63, 3.8) is 0 Å². The Morgan fingerprint density at radius 3 is 2.38 bits per heavy atom. The van der Waals surface area contributed by atoms with Gasteiger partial charge in [0.05, 0.1) is 19.6 Å². The molecular weight excluding hydrogens is 433 g/mol. The van der Waals surface area contributed by atoms with E-state index >= 15 is 0 Å². The molecule has 1 saturated heterocycles. The first-order chi connectivity index (χ1) is 15.2. The van der Waals surface area contributed by atoms with Gasteiger partial charge >= 0.3 is 14.6 Å². The number of likely N-dealkylation sites (tertiary alicyclic amines) is 1. The molecule has 3 rings (SSSR count). The zero-order valence-corrected chi connectivity index (χ0v) is 20.8. The van der Waals surface area contributed by atoms with Gasteiger partial charge in [-0.3, -0.25) is 9.32 Å². The first-order valence-corrected chi connectivity index (χ1v) is 11.8. The summed E-state index contributed by atoms with van der Waals surface area (Å²) < 4.78 is 25.5. The number of hydrogen-bond donors (Lipinski definition) is 1. The van der Waals surface area contributed by atoms with Crippen LogP contribution in [0.1, 0.15) is 40.0 Å². The standard InChI is InChI=1S/C15H26NO5P.C8H10O2/c1-15(2,3)14(17)19-10-20-22(18)21-12-6-5-11-7-8-16(4)13(11)9-12;1-9-7-5-3-4-6-8(7)10-2/h6,11,13,18H,5,7-10H2,1-4H3;3-6H,1-2H3. The highest BCUT2D eigenvalue weighted by molar-refractivity contribution is 7.40. The third-order valence-corrected chi connectivity index (χ3v) is 6.19. The first-order valence-electron chi connectivity index (χ1n) is 10.7. The quantitative estimate of drug-likeness (QED) is 0.355. The summed E-state index contributed by atoms with van der Waals surface area (Å²) in [7, 11) is 3.30. The van der Waals surface area contributed by atoms with Crippen molar-refractivity contribution in [1.82, 2.24) is 4.90 Å². The Labute approximate surface area is 192 Å². The minimum absolute atomic E-state index is 0.294. The Balaban J connectivity index is 0.000000303. The van der Waals surface area contributed by atoms with Crippen LogP contribution in [-0.4, -0.2) is 56.4 Å². The van der Waals surface area contributed by atoms with Crippen molar-refractivity contribution in [3.05, 3.63) is 36.1 Å². The monoisotopic (exact) mass is 469 g/mol. The van der Waals surface area contributed by atoms with Gasteiger partial charge in [0.15, 0.2) is 11.5 Å². The van der Waals surface area contributed by atoms with Crippen LogP contribution in [0.2, 0.25) is 0 Å². The molecule has 1 fully saturated rings. The van der Waals surface area contributed by atoms with E-state index in [9.17, 15) is 9.69 Å². The maximum absolute atomic E-state index is 11.6. The van der Waals surface area contributed by atoms with Crippen LogP contribution in [-0.2, 0) is 18.6 Å². The van der Waals surface area contributed by atoms with E-state index < -0.39 is 14.0 Å². The Hall–Kier alpha value is -1.86. The summed E-state index contributed by atoms with van der Waals surface area (Å²) in [6.07, 6.45) is 5.03. The second-order valence-electron chi connectivity index (χ2n) is 8.82. The third kappa shape index (κ3) is 7.93. The van der Waals surface area contributed by atoms with Crippen LogP contribution in [0.25, 0.3) is 0 Å². The van der Waals surface area contributed by atoms with E-state index in [0.717, 1.165) is 36.6 Å². The van der Waals surface area contributed by atoms with Gasteiger partial charge < -0.3 is 28.5 Å². The van der Waals surface area contributed by atoms with Gasteiger partial charge in [0.25, 0.3) is 0 Å². The molecule has 3 unspecified atom stereocenters. The summed E-state index contributed by atoms with van der Waals surface area (Å²) in [6.45, 7) is 6.10. The van der Waals surface area contributed by atoms with E-state index in [4.69, 9.17) is 23.3 Å². The number of carbonyl (C=O) groups is 1. The van der Waals surface area contributed by atoms with Crippen LogP contribution in [0.15, 0.2) is 36.1 Å². The van der Waals surface area contributed by atoms with Crippen LogP contribution in [0.5, 0.6) is 11.5 Å². The average Bonchev–Trinajstić information content (AvgIpc) is 3.13. The molecular formula is C23H36NO7P. The number of rotatable bonds is 7. The van der Waals surface area contributed by atoms with E-state index in [1.807, 2.05) is 30.3 Å². The first kappa shape index (κ1) is 26.4. The Bertz CT molecular complexity index is 742. The largest absolute Gasteiger partial charge is 0.493 e. The van der Waals surface area contributed by atoms with Gasteiger partial charge in [-0.05, 0) is 71.3 Å². The lowest BCUT2D eigenvalue weighted by molar-refractivity contribution is -0.159. The van der Waals surface area contributed by atoms with Gasteiger partial charge in [-0.2, -0.15) is 0 Å². The molecule has 1 N–H and O–H groups in total. The summed E-state index contributed by atoms with van der Waals surface area (Å²) in [5.74, 6) is 2.62. The number of benzene rings is 1. The van der Waals surface area contributed by atoms with E-state index in [1.165, 1.54) is 6.42 Å². The van der Waals surface area contributed by atoms with Crippen molar-refractivity contribution in [3.8, 4) is 11.5 Å². The number of allylic oxidation sites excluding steroid dienone is 1. The molecule has 0 saturated carbocycles. The van der Waals surface area contributed by atoms with Crippen molar-refractivity contribution in [1.29, 1.82) is 0 Å². The molecule has 9 heteroatoms. The van der Waals surface area contributed by atoms with E-state index in [1.54, 1.807) is 35.0 Å². The predicted octanol–water partition coefficient (Wildman–Crippen LogP) is 4.49. The van der Waals surface area contributed by atoms with Gasteiger partial charge in [-0.25, -0.2) is 0 Å². The van der Waals surface area contributed by atoms with Gasteiger partial charge in [0.2, 0.25) is 6.79 Å². The molecule has 1 aliphatic carbocycles. The van der Waals surface area contributed by atoms with Crippen molar-refractivity contribution in [2.45, 2.75) is 46.1 Å². The third-order valence-electron chi connectivity index (χ3n) is 5.47. The molecule has 1 aliphatic heterocycles. The fourth-order valence-corrected chi connectivity index (χ4v) is 4.13. The number of ether oxygens (including phenoxy) is 3. The lowest BCUT2D eigenvalue weighted by atomic mass is 9.89. The molecule has 1 heterocycles. The summed E-state index contributed by atoms with van der Waals surface area (Å²) in [5.41, 5.74) is -0.587. The molecule has 0 amide bonds. The van der Waals surface area contributed by atoms with Crippen molar-refractivity contribution in [2.24, 2.45) is 11.3 Å². The number of methoxy groups -OCH3 is 2. The zero-order valence-electron chi connectivity index (χ0n) is 19.9. The normalized spacial score (nSPS) is 21.4. The van der Waals surface area contributed by atoms with Crippen molar-refractivity contribution in [2.75, 3.05) is 34.6 Å². The molecule has 1 aromatic rings. The molecule has 180 valence electrons. The molecule has 0 radical (unpaired) electrons. The fourth-order valence-electron chi connectivity index (χ4n) is 3.59. The van der Waals surface area contributed by atoms with Gasteiger partial charge in [-0.1, -0.05) is 12.1 Å². The summed E-state index contributed by atoms with van der Waals surface area (Å²) in [4.78, 5) is 23.7. The summed E-state index contributed by atoms with van der Waals surface area (Å²) >= 11 is 0. The maximum Gasteiger partial charge on any atom is 0.397 e. The minimum Gasteiger partial charge on any atom is -0.493 e. The zero-order chi connectivity index (χ0) is 23.7. The topological polar surface area (TPSA) is 86.7 Å². The predicted molar refractivity (Wildman–Crippen MR) is 123 cm³/mol. The average molecular weight is 470 g/mol. The number of esters is 1. The van der Waals surface area contributed by atoms with Crippen molar-refractivity contribution >= 4 is 14.6 Å². The molecule has 32 heavy (non-hydrogen) atoms. The van der Waals surface area contributed by atoms with Crippen molar-refractivity contribution < 1.29 is 32.9 Å². The fraction of sp³-hybridized carbons (Fsp3) is 0.609. The lowest BCUT2D eigenvalue weighted by Crippen LogP contribution is -2.31. The van der Waals surface area contributed by atoms with Gasteiger partial charge in [-0.15, -0.1) is 0 Å². The summed E-state index contributed by atoms with van der Waals surface area (Å²) in [6, 6.07) is 8.02. The number of nitrogens with zero attached hydrogens (tertiary/aromatic N) is 1. The van der Waals surface area contributed by atoms with Crippen LogP contribution in [0.4, 0.5) is 0 Å². The van der Waals surface area contributed by atoms with Crippen LogP contribution < -0.4 is 9.47 Å². The Morgan fingerprint density at radius 1 is 1.19 bits per heavy atom. The highest BCUT2D eigenvalue weighted by Gasteiger charge is 2.35. The number of carbonyl (C=O) groups excluding carboxylic acids is 1. The highest BCUT2D eigenvalue weighted by atomic mass is 31.2. The molecule has 0 spiro atoms. The van der Waals surface area contributed by atoms with Crippen LogP contribution >= 0.6 is 8.60 Å². The lowest BCUT2D eigenvalue weighted by Gasteiger charge is -2.29. The van der Waals surface area contributed by atoms with Gasteiger partial charge in [0, 0.05) is 12.5 Å². The molecule has 2 aliphatic rings. The van der Waals surface area contributed by atoms with Gasteiger partial charge in [0.1, 0.15) is 5.76 Å². The molecule has 8 nitrogen and oxygen atoms in total. The number of fused-ring (bicyclic) bond motifs is 1. The molecule has 0 aromatic heterocycles. The minimum atomic E-state index is -2.07. The molecule has 0 bridgehead atoms. The van der Waals surface area contributed by atoms with Crippen LogP contribution in [0.3, 0.4) is 0 Å². The number of hydrogen-bond acceptors (Lipinski definition) is 8. The van der Waals surface area contributed by atoms with E-state index in [0.29, 0.717) is 12.0 Å². The second-order valence-corrected chi connectivity index (χ2v) is 9.74. The smallest absolute Gasteiger partial charge is 0.397 e. The summed E-state index contributed by atoms with van der Waals surface area (Å²) in [5, 5.41) is 0. The van der Waals surface area contributed by atoms with E-state index in [2.05, 4.69) is 11.9 Å². The van der Waals surface area contributed by atoms with Crippen LogP contribution in [0, 0.1) is 11.3 Å². The molecule has 3 atom stereocenters. The maximum atomic E-state index is 11.6.